The van der Waals surface area contributed by atoms with Crippen LogP contribution in [-0.4, -0.2) is 0 Å². The number of hydrazine groups is 1. The summed E-state index contributed by atoms with van der Waals surface area (Å²) in [7, 11) is 0. The number of nitrogens with two attached hydrogens (primary N) is 1. The van der Waals surface area contributed by atoms with Crippen LogP contribution in [0.5, 0.6) is 0 Å². The second-order valence-corrected chi connectivity index (χ2v) is 1.95. The smallest absolute Gasteiger partial charge is 0.0508 e. The van der Waals surface area contributed by atoms with Gasteiger partial charge in [-0.3, -0.25) is 5.84 Å². The summed E-state index contributed by atoms with van der Waals surface area (Å²) < 4.78 is 0. The number of rotatable bonds is 3. The van der Waals surface area contributed by atoms with Gasteiger partial charge in [-0.1, -0.05) is 18.7 Å². The monoisotopic (exact) mass is 138 g/mol. The molecule has 0 saturated carbocycles. The maximum Gasteiger partial charge on any atom is 0.0508 e. The van der Waals surface area contributed by atoms with Gasteiger partial charge in [0.25, 0.3) is 0 Å². The van der Waals surface area contributed by atoms with Gasteiger partial charge in [-0.05, 0) is 25.5 Å². The summed E-state index contributed by atoms with van der Waals surface area (Å²) in [6.07, 6.45) is 5.61. The van der Waals surface area contributed by atoms with Gasteiger partial charge in [0.2, 0.25) is 0 Å². The van der Waals surface area contributed by atoms with Crippen molar-refractivity contribution in [3.63, 3.8) is 0 Å². The van der Waals surface area contributed by atoms with Gasteiger partial charge in [0.1, 0.15) is 0 Å². The lowest BCUT2D eigenvalue weighted by molar-refractivity contribution is 0.904. The molecule has 0 aliphatic carbocycles. The average Bonchev–Trinajstić information content (AvgIpc) is 1.91. The Morgan fingerprint density at radius 2 is 2.20 bits per heavy atom. The van der Waals surface area contributed by atoms with E-state index in [9.17, 15) is 0 Å². The molecule has 0 rings (SSSR count). The maximum absolute atomic E-state index is 5.20. The van der Waals surface area contributed by atoms with Crippen LogP contribution in [0, 0.1) is 0 Å². The quantitative estimate of drug-likeness (QED) is 0.352. The molecule has 0 unspecified atom stereocenters. The molecule has 56 valence electrons. The molecule has 0 aliphatic rings. The Kier molecular flexibility index (Phi) is 4.33. The molecule has 0 aromatic rings. The Hall–Kier alpha value is -1.02. The molecule has 0 spiro atoms. The third-order valence-corrected chi connectivity index (χ3v) is 1.20. The molecule has 0 aliphatic heterocycles. The van der Waals surface area contributed by atoms with Crippen LogP contribution in [0.25, 0.3) is 0 Å². The van der Waals surface area contributed by atoms with E-state index in [2.05, 4.69) is 12.0 Å². The average molecular weight is 138 g/mol. The van der Waals surface area contributed by atoms with Crippen LogP contribution in [0.3, 0.4) is 0 Å². The minimum Gasteiger partial charge on any atom is -0.324 e. The van der Waals surface area contributed by atoms with Gasteiger partial charge < -0.3 is 5.43 Å². The van der Waals surface area contributed by atoms with E-state index in [1.54, 1.807) is 6.08 Å². The molecule has 2 heteroatoms. The van der Waals surface area contributed by atoms with Gasteiger partial charge in [-0.2, -0.15) is 0 Å². The Bertz CT molecular complexity index is 166. The van der Waals surface area contributed by atoms with E-state index in [1.807, 2.05) is 26.0 Å². The van der Waals surface area contributed by atoms with E-state index in [-0.39, 0.29) is 0 Å². The van der Waals surface area contributed by atoms with Crippen molar-refractivity contribution in [1.82, 2.24) is 5.43 Å². The lowest BCUT2D eigenvalue weighted by Crippen LogP contribution is -2.20. The van der Waals surface area contributed by atoms with Crippen molar-refractivity contribution < 1.29 is 0 Å². The Balaban J connectivity index is 4.42. The summed E-state index contributed by atoms with van der Waals surface area (Å²) >= 11 is 0. The normalized spacial score (nSPS) is 13.1. The van der Waals surface area contributed by atoms with Crippen molar-refractivity contribution >= 4 is 0 Å². The summed E-state index contributed by atoms with van der Waals surface area (Å²) in [6, 6.07) is 0. The van der Waals surface area contributed by atoms with Crippen LogP contribution in [0.15, 0.2) is 36.1 Å². The number of hydrogen-bond acceptors (Lipinski definition) is 2. The molecule has 0 aromatic carbocycles. The van der Waals surface area contributed by atoms with E-state index in [0.29, 0.717) is 0 Å². The molecule has 10 heavy (non-hydrogen) atoms. The molecule has 0 aromatic heterocycles. The molecule has 0 heterocycles. The van der Waals surface area contributed by atoms with Crippen LogP contribution >= 0.6 is 0 Å². The molecule has 3 N–H and O–H groups in total. The van der Waals surface area contributed by atoms with E-state index >= 15 is 0 Å². The van der Waals surface area contributed by atoms with Crippen molar-refractivity contribution in [3.8, 4) is 0 Å². The SMILES string of the molecule is C=C/C(NN)=C(C)\C=C/C. The van der Waals surface area contributed by atoms with Crippen LogP contribution in [0.4, 0.5) is 0 Å². The second kappa shape index (κ2) is 4.82. The minimum atomic E-state index is 0.859. The molecular weight excluding hydrogens is 124 g/mol. The highest BCUT2D eigenvalue weighted by Crippen LogP contribution is 2.01. The third-order valence-electron chi connectivity index (χ3n) is 1.20. The van der Waals surface area contributed by atoms with Gasteiger partial charge in [0.15, 0.2) is 0 Å². The summed E-state index contributed by atoms with van der Waals surface area (Å²) in [4.78, 5) is 0. The summed E-state index contributed by atoms with van der Waals surface area (Å²) in [5.74, 6) is 5.20. The topological polar surface area (TPSA) is 38.0 Å². The molecule has 0 amide bonds. The number of allylic oxidation sites excluding steroid dienone is 4. The molecule has 0 fully saturated rings. The Morgan fingerprint density at radius 3 is 2.50 bits per heavy atom. The standard InChI is InChI=1S/C8H14N2/c1-4-6-7(3)8(5-2)10-9/h4-6,10H,2,9H2,1,3H3/b6-4-,8-7+. The fourth-order valence-corrected chi connectivity index (χ4v) is 0.674. The Morgan fingerprint density at radius 1 is 1.60 bits per heavy atom. The summed E-state index contributed by atoms with van der Waals surface area (Å²) in [6.45, 7) is 7.53. The fourth-order valence-electron chi connectivity index (χ4n) is 0.674. The van der Waals surface area contributed by atoms with Crippen molar-refractivity contribution in [2.45, 2.75) is 13.8 Å². The van der Waals surface area contributed by atoms with Gasteiger partial charge >= 0.3 is 0 Å². The van der Waals surface area contributed by atoms with Gasteiger partial charge in [-0.25, -0.2) is 0 Å². The Labute approximate surface area is 62.1 Å². The number of nitrogens with one attached hydrogen (secondary N) is 1. The van der Waals surface area contributed by atoms with Crippen molar-refractivity contribution in [3.05, 3.63) is 36.1 Å². The molecule has 0 radical (unpaired) electrons. The highest BCUT2D eigenvalue weighted by Gasteiger charge is 1.89. The first-order valence-electron chi connectivity index (χ1n) is 3.18. The van der Waals surface area contributed by atoms with E-state index in [1.165, 1.54) is 0 Å². The first-order chi connectivity index (χ1) is 4.76. The van der Waals surface area contributed by atoms with Crippen molar-refractivity contribution in [2.24, 2.45) is 5.84 Å². The third kappa shape index (κ3) is 2.51. The van der Waals surface area contributed by atoms with Crippen LogP contribution in [-0.2, 0) is 0 Å². The molecule has 2 nitrogen and oxygen atoms in total. The highest BCUT2D eigenvalue weighted by molar-refractivity contribution is 5.28. The summed E-state index contributed by atoms with van der Waals surface area (Å²) in [5, 5.41) is 0. The van der Waals surface area contributed by atoms with Gasteiger partial charge in [-0.15, -0.1) is 0 Å². The molecular formula is C8H14N2. The van der Waals surface area contributed by atoms with Crippen molar-refractivity contribution in [2.75, 3.05) is 0 Å². The largest absolute Gasteiger partial charge is 0.324 e. The summed E-state index contributed by atoms with van der Waals surface area (Å²) in [5.41, 5.74) is 4.49. The zero-order valence-corrected chi connectivity index (χ0v) is 6.52. The highest BCUT2D eigenvalue weighted by atomic mass is 15.2. The molecule has 0 saturated heterocycles. The van der Waals surface area contributed by atoms with E-state index < -0.39 is 0 Å². The van der Waals surface area contributed by atoms with Gasteiger partial charge in [0.05, 0.1) is 5.70 Å². The zero-order chi connectivity index (χ0) is 7.98. The maximum atomic E-state index is 5.20. The lowest BCUT2D eigenvalue weighted by atomic mass is 10.2. The first-order valence-corrected chi connectivity index (χ1v) is 3.18. The van der Waals surface area contributed by atoms with Crippen LogP contribution < -0.4 is 11.3 Å². The van der Waals surface area contributed by atoms with Crippen molar-refractivity contribution in [1.29, 1.82) is 0 Å². The fraction of sp³-hybridized carbons (Fsp3) is 0.250. The minimum absolute atomic E-state index is 0.859. The van der Waals surface area contributed by atoms with Crippen LogP contribution in [0.2, 0.25) is 0 Å². The number of hydrogen-bond donors (Lipinski definition) is 2. The molecule has 0 bridgehead atoms. The van der Waals surface area contributed by atoms with E-state index in [0.717, 1.165) is 11.3 Å². The zero-order valence-electron chi connectivity index (χ0n) is 6.52. The van der Waals surface area contributed by atoms with Gasteiger partial charge in [0, 0.05) is 0 Å². The molecule has 0 atom stereocenters. The first kappa shape index (κ1) is 8.98. The lowest BCUT2D eigenvalue weighted by Gasteiger charge is -2.01. The predicted octanol–water partition coefficient (Wildman–Crippen LogP) is 1.49. The van der Waals surface area contributed by atoms with E-state index in [4.69, 9.17) is 5.84 Å². The predicted molar refractivity (Wildman–Crippen MR) is 45.0 cm³/mol. The van der Waals surface area contributed by atoms with Crippen LogP contribution in [0.1, 0.15) is 13.8 Å². The second-order valence-electron chi connectivity index (χ2n) is 1.95.